The highest BCUT2D eigenvalue weighted by molar-refractivity contribution is 9.10. The van der Waals surface area contributed by atoms with Gasteiger partial charge >= 0.3 is 0 Å². The van der Waals surface area contributed by atoms with Crippen molar-refractivity contribution in [2.24, 2.45) is 5.92 Å². The molecular formula is C16H20BrN3O. The van der Waals surface area contributed by atoms with Crippen molar-refractivity contribution in [3.05, 3.63) is 34.6 Å². The van der Waals surface area contributed by atoms with Crippen molar-refractivity contribution in [3.8, 4) is 11.4 Å². The second-order valence-electron chi connectivity index (χ2n) is 5.77. The maximum absolute atomic E-state index is 5.35. The summed E-state index contributed by atoms with van der Waals surface area (Å²) in [6.07, 6.45) is 5.22. The van der Waals surface area contributed by atoms with E-state index in [1.807, 2.05) is 24.3 Å². The van der Waals surface area contributed by atoms with E-state index in [1.54, 1.807) is 0 Å². The van der Waals surface area contributed by atoms with Crippen LogP contribution in [0.15, 0.2) is 33.3 Å². The molecule has 21 heavy (non-hydrogen) atoms. The van der Waals surface area contributed by atoms with Gasteiger partial charge in [0.2, 0.25) is 11.7 Å². The molecule has 1 aromatic carbocycles. The molecule has 1 fully saturated rings. The van der Waals surface area contributed by atoms with Crippen molar-refractivity contribution in [1.29, 1.82) is 0 Å². The molecule has 0 aliphatic heterocycles. The summed E-state index contributed by atoms with van der Waals surface area (Å²) >= 11 is 3.46. The second kappa shape index (κ2) is 6.71. The third-order valence-electron chi connectivity index (χ3n) is 4.18. The van der Waals surface area contributed by atoms with Crippen molar-refractivity contribution in [1.82, 2.24) is 15.5 Å². The van der Waals surface area contributed by atoms with E-state index in [0.717, 1.165) is 16.0 Å². The van der Waals surface area contributed by atoms with Crippen LogP contribution in [0.5, 0.6) is 0 Å². The minimum Gasteiger partial charge on any atom is -0.338 e. The maximum atomic E-state index is 5.35. The Morgan fingerprint density at radius 3 is 3.00 bits per heavy atom. The van der Waals surface area contributed by atoms with E-state index in [4.69, 9.17) is 4.52 Å². The number of benzene rings is 1. The first kappa shape index (κ1) is 14.7. The Kier molecular flexibility index (Phi) is 4.70. The summed E-state index contributed by atoms with van der Waals surface area (Å²) in [4.78, 5) is 4.47. The Balaban J connectivity index is 1.62. The van der Waals surface area contributed by atoms with Crippen LogP contribution in [-0.4, -0.2) is 16.2 Å². The van der Waals surface area contributed by atoms with Gasteiger partial charge in [0.25, 0.3) is 0 Å². The Bertz CT molecular complexity index is 599. The summed E-state index contributed by atoms with van der Waals surface area (Å²) in [7, 11) is 0. The molecular weight excluding hydrogens is 330 g/mol. The lowest BCUT2D eigenvalue weighted by molar-refractivity contribution is 0.265. The predicted octanol–water partition coefficient (Wildman–Crippen LogP) is 4.17. The number of nitrogens with one attached hydrogen (secondary N) is 1. The summed E-state index contributed by atoms with van der Waals surface area (Å²) in [6.45, 7) is 2.97. The third-order valence-corrected chi connectivity index (χ3v) is 4.67. The van der Waals surface area contributed by atoms with Crippen molar-refractivity contribution in [2.45, 2.75) is 45.2 Å². The predicted molar refractivity (Wildman–Crippen MR) is 85.7 cm³/mol. The van der Waals surface area contributed by atoms with Gasteiger partial charge in [0.1, 0.15) is 0 Å². The van der Waals surface area contributed by atoms with Gasteiger partial charge < -0.3 is 9.84 Å². The Labute approximate surface area is 133 Å². The minimum absolute atomic E-state index is 0.569. The lowest BCUT2D eigenvalue weighted by atomic mass is 9.86. The zero-order chi connectivity index (χ0) is 14.7. The Morgan fingerprint density at radius 2 is 2.19 bits per heavy atom. The average Bonchev–Trinajstić information content (AvgIpc) is 2.95. The van der Waals surface area contributed by atoms with Crippen LogP contribution in [0.3, 0.4) is 0 Å². The SMILES string of the molecule is CC1CCCCC1NCc1nc(-c2cccc(Br)c2)no1. The van der Waals surface area contributed by atoms with Gasteiger partial charge in [0.15, 0.2) is 0 Å². The molecule has 4 nitrogen and oxygen atoms in total. The van der Waals surface area contributed by atoms with E-state index < -0.39 is 0 Å². The first-order chi connectivity index (χ1) is 10.2. The van der Waals surface area contributed by atoms with Gasteiger partial charge in [-0.05, 0) is 30.9 Å². The molecule has 2 atom stereocenters. The Morgan fingerprint density at radius 1 is 1.33 bits per heavy atom. The van der Waals surface area contributed by atoms with Gasteiger partial charge in [-0.3, -0.25) is 0 Å². The van der Waals surface area contributed by atoms with Crippen LogP contribution in [-0.2, 0) is 6.54 Å². The fraction of sp³-hybridized carbons (Fsp3) is 0.500. The summed E-state index contributed by atoms with van der Waals surface area (Å²) in [6, 6.07) is 8.50. The number of aromatic nitrogens is 2. The summed E-state index contributed by atoms with van der Waals surface area (Å²) in [5.74, 6) is 2.03. The number of rotatable bonds is 4. The fourth-order valence-corrected chi connectivity index (χ4v) is 3.31. The molecule has 1 N–H and O–H groups in total. The number of halogens is 1. The highest BCUT2D eigenvalue weighted by Crippen LogP contribution is 2.24. The zero-order valence-electron chi connectivity index (χ0n) is 12.2. The molecule has 0 amide bonds. The van der Waals surface area contributed by atoms with Gasteiger partial charge in [0.05, 0.1) is 6.54 Å². The molecule has 1 aliphatic rings. The molecule has 3 rings (SSSR count). The van der Waals surface area contributed by atoms with Crippen molar-refractivity contribution < 1.29 is 4.52 Å². The van der Waals surface area contributed by atoms with Crippen LogP contribution in [0, 0.1) is 5.92 Å². The third kappa shape index (κ3) is 3.71. The van der Waals surface area contributed by atoms with Crippen LogP contribution in [0.4, 0.5) is 0 Å². The molecule has 112 valence electrons. The van der Waals surface area contributed by atoms with Crippen LogP contribution in [0.1, 0.15) is 38.5 Å². The molecule has 2 unspecified atom stereocenters. The number of hydrogen-bond acceptors (Lipinski definition) is 4. The first-order valence-corrected chi connectivity index (χ1v) is 8.33. The number of nitrogens with zero attached hydrogens (tertiary/aromatic N) is 2. The second-order valence-corrected chi connectivity index (χ2v) is 6.69. The molecule has 1 heterocycles. The molecule has 0 radical (unpaired) electrons. The molecule has 1 saturated carbocycles. The largest absolute Gasteiger partial charge is 0.338 e. The van der Waals surface area contributed by atoms with Crippen molar-refractivity contribution in [3.63, 3.8) is 0 Å². The van der Waals surface area contributed by atoms with Gasteiger partial charge in [-0.25, -0.2) is 0 Å². The molecule has 0 saturated heterocycles. The standard InChI is InChI=1S/C16H20BrN3O/c1-11-5-2-3-8-14(11)18-10-15-19-16(20-21-15)12-6-4-7-13(17)9-12/h4,6-7,9,11,14,18H,2-3,5,8,10H2,1H3. The van der Waals surface area contributed by atoms with Crippen molar-refractivity contribution >= 4 is 15.9 Å². The van der Waals surface area contributed by atoms with Crippen molar-refractivity contribution in [2.75, 3.05) is 0 Å². The highest BCUT2D eigenvalue weighted by atomic mass is 79.9. The van der Waals surface area contributed by atoms with Crippen LogP contribution < -0.4 is 5.32 Å². The first-order valence-electron chi connectivity index (χ1n) is 7.54. The monoisotopic (exact) mass is 349 g/mol. The van der Waals surface area contributed by atoms with E-state index in [1.165, 1.54) is 25.7 Å². The van der Waals surface area contributed by atoms with E-state index in [0.29, 0.717) is 24.3 Å². The van der Waals surface area contributed by atoms with Gasteiger partial charge in [-0.2, -0.15) is 4.98 Å². The lowest BCUT2D eigenvalue weighted by Gasteiger charge is -2.29. The molecule has 1 aliphatic carbocycles. The topological polar surface area (TPSA) is 51.0 Å². The summed E-state index contributed by atoms with van der Waals surface area (Å²) < 4.78 is 6.36. The summed E-state index contributed by atoms with van der Waals surface area (Å²) in [5.41, 5.74) is 0.963. The average molecular weight is 350 g/mol. The van der Waals surface area contributed by atoms with Gasteiger partial charge in [0, 0.05) is 16.1 Å². The van der Waals surface area contributed by atoms with E-state index in [9.17, 15) is 0 Å². The van der Waals surface area contributed by atoms with Gasteiger partial charge in [-0.15, -0.1) is 0 Å². The maximum Gasteiger partial charge on any atom is 0.240 e. The highest BCUT2D eigenvalue weighted by Gasteiger charge is 2.21. The van der Waals surface area contributed by atoms with Crippen LogP contribution in [0.2, 0.25) is 0 Å². The van der Waals surface area contributed by atoms with Gasteiger partial charge in [-0.1, -0.05) is 53.0 Å². The summed E-state index contributed by atoms with van der Waals surface area (Å²) in [5, 5.41) is 7.62. The Hall–Kier alpha value is -1.20. The molecule has 0 spiro atoms. The molecule has 0 bridgehead atoms. The van der Waals surface area contributed by atoms with E-state index in [2.05, 4.69) is 38.3 Å². The fourth-order valence-electron chi connectivity index (χ4n) is 2.91. The number of hydrogen-bond donors (Lipinski definition) is 1. The van der Waals surface area contributed by atoms with Crippen LogP contribution in [0.25, 0.3) is 11.4 Å². The molecule has 1 aromatic heterocycles. The smallest absolute Gasteiger partial charge is 0.240 e. The van der Waals surface area contributed by atoms with E-state index in [-0.39, 0.29) is 0 Å². The minimum atomic E-state index is 0.569. The molecule has 2 aromatic rings. The van der Waals surface area contributed by atoms with Crippen LogP contribution >= 0.6 is 15.9 Å². The molecule has 5 heteroatoms. The zero-order valence-corrected chi connectivity index (χ0v) is 13.8. The van der Waals surface area contributed by atoms with E-state index >= 15 is 0 Å². The quantitative estimate of drug-likeness (QED) is 0.899. The lowest BCUT2D eigenvalue weighted by Crippen LogP contribution is -2.36. The normalized spacial score (nSPS) is 22.4.